The van der Waals surface area contributed by atoms with Gasteiger partial charge in [0.15, 0.2) is 0 Å². The molecule has 0 aliphatic carbocycles. The van der Waals surface area contributed by atoms with Gasteiger partial charge >= 0.3 is 0 Å². The highest BCUT2D eigenvalue weighted by atomic mass is 35.5. The zero-order chi connectivity index (χ0) is 10.6. The zero-order valence-electron chi connectivity index (χ0n) is 8.25. The van der Waals surface area contributed by atoms with Crippen molar-refractivity contribution in [1.29, 1.82) is 0 Å². The molecule has 0 saturated heterocycles. The first-order valence-corrected chi connectivity index (χ1v) is 5.67. The number of rotatable bonds is 4. The lowest BCUT2D eigenvalue weighted by Gasteiger charge is -2.11. The van der Waals surface area contributed by atoms with Crippen LogP contribution in [-0.4, -0.2) is 26.0 Å². The van der Waals surface area contributed by atoms with Gasteiger partial charge in [0, 0.05) is 25.0 Å². The van der Waals surface area contributed by atoms with E-state index in [4.69, 9.17) is 5.73 Å². The molecule has 3 N–H and O–H groups in total. The number of hydrogen-bond acceptors (Lipinski definition) is 4. The number of nitrogens with zero attached hydrogens (tertiary/aromatic N) is 1. The number of nitrogens with one attached hydrogen (secondary N) is 1. The predicted octanol–water partition coefficient (Wildman–Crippen LogP) is 0.129. The van der Waals surface area contributed by atoms with Crippen LogP contribution >= 0.6 is 12.4 Å². The van der Waals surface area contributed by atoms with Gasteiger partial charge in [-0.05, 0) is 19.1 Å². The summed E-state index contributed by atoms with van der Waals surface area (Å²) in [7, 11) is -3.46. The van der Waals surface area contributed by atoms with Gasteiger partial charge in [0.25, 0.3) is 0 Å². The highest BCUT2D eigenvalue weighted by molar-refractivity contribution is 7.89. The smallest absolute Gasteiger partial charge is 0.242 e. The Labute approximate surface area is 95.5 Å². The van der Waals surface area contributed by atoms with Gasteiger partial charge in [0.1, 0.15) is 4.90 Å². The molecule has 1 aromatic rings. The molecule has 0 spiro atoms. The van der Waals surface area contributed by atoms with Crippen molar-refractivity contribution in [1.82, 2.24) is 9.71 Å². The van der Waals surface area contributed by atoms with Crippen molar-refractivity contribution in [2.75, 3.05) is 6.54 Å². The van der Waals surface area contributed by atoms with Crippen LogP contribution in [0.3, 0.4) is 0 Å². The fraction of sp³-hybridized carbons (Fsp3) is 0.375. The SMILES string of the molecule is C[C@@H](CN)NS(=O)(=O)c1cccnc1.Cl. The van der Waals surface area contributed by atoms with Crippen LogP contribution in [0.1, 0.15) is 6.92 Å². The van der Waals surface area contributed by atoms with Gasteiger partial charge in [-0.15, -0.1) is 12.4 Å². The fourth-order valence-corrected chi connectivity index (χ4v) is 2.11. The van der Waals surface area contributed by atoms with Crippen LogP contribution in [-0.2, 0) is 10.0 Å². The highest BCUT2D eigenvalue weighted by Crippen LogP contribution is 2.05. The summed E-state index contributed by atoms with van der Waals surface area (Å²) in [5.74, 6) is 0. The molecule has 0 bridgehead atoms. The van der Waals surface area contributed by atoms with E-state index in [1.165, 1.54) is 18.5 Å². The Balaban J connectivity index is 0.00000196. The summed E-state index contributed by atoms with van der Waals surface area (Å²) in [5.41, 5.74) is 5.31. The van der Waals surface area contributed by atoms with E-state index in [0.717, 1.165) is 0 Å². The van der Waals surface area contributed by atoms with E-state index in [1.54, 1.807) is 13.0 Å². The molecule has 0 radical (unpaired) electrons. The molecular weight excluding hydrogens is 238 g/mol. The van der Waals surface area contributed by atoms with E-state index < -0.39 is 10.0 Å². The van der Waals surface area contributed by atoms with Crippen LogP contribution in [0.15, 0.2) is 29.4 Å². The number of halogens is 1. The van der Waals surface area contributed by atoms with Gasteiger partial charge in [-0.1, -0.05) is 0 Å². The van der Waals surface area contributed by atoms with Crippen molar-refractivity contribution < 1.29 is 8.42 Å². The van der Waals surface area contributed by atoms with E-state index >= 15 is 0 Å². The predicted molar refractivity (Wildman–Crippen MR) is 60.3 cm³/mol. The largest absolute Gasteiger partial charge is 0.329 e. The van der Waals surface area contributed by atoms with E-state index in [1.807, 2.05) is 0 Å². The van der Waals surface area contributed by atoms with E-state index in [2.05, 4.69) is 9.71 Å². The molecule has 0 amide bonds. The highest BCUT2D eigenvalue weighted by Gasteiger charge is 2.15. The molecule has 5 nitrogen and oxygen atoms in total. The minimum absolute atomic E-state index is 0. The standard InChI is InChI=1S/C8H13N3O2S.ClH/c1-7(5-9)11-14(12,13)8-3-2-4-10-6-8;/h2-4,6-7,11H,5,9H2,1H3;1H/t7-;/m0./s1. The minimum Gasteiger partial charge on any atom is -0.329 e. The summed E-state index contributed by atoms with van der Waals surface area (Å²) >= 11 is 0. The quantitative estimate of drug-likeness (QED) is 0.797. The second-order valence-corrected chi connectivity index (χ2v) is 4.66. The third-order valence-corrected chi connectivity index (χ3v) is 3.23. The lowest BCUT2D eigenvalue weighted by molar-refractivity contribution is 0.562. The first-order valence-electron chi connectivity index (χ1n) is 4.18. The molecule has 1 heterocycles. The Morgan fingerprint density at radius 1 is 1.60 bits per heavy atom. The average molecular weight is 252 g/mol. The van der Waals surface area contributed by atoms with Crippen LogP contribution in [0.25, 0.3) is 0 Å². The van der Waals surface area contributed by atoms with Gasteiger partial charge in [-0.2, -0.15) is 0 Å². The summed E-state index contributed by atoms with van der Waals surface area (Å²) < 4.78 is 25.6. The normalized spacial score (nSPS) is 12.9. The lowest BCUT2D eigenvalue weighted by atomic mass is 10.4. The van der Waals surface area contributed by atoms with E-state index in [0.29, 0.717) is 0 Å². The maximum Gasteiger partial charge on any atom is 0.242 e. The van der Waals surface area contributed by atoms with Crippen molar-refractivity contribution >= 4 is 22.4 Å². The molecule has 1 aromatic heterocycles. The van der Waals surface area contributed by atoms with Crippen LogP contribution in [0.5, 0.6) is 0 Å². The second kappa shape index (κ2) is 6.02. The van der Waals surface area contributed by atoms with Crippen molar-refractivity contribution in [2.45, 2.75) is 17.9 Å². The van der Waals surface area contributed by atoms with Crippen LogP contribution in [0.2, 0.25) is 0 Å². The first-order chi connectivity index (χ1) is 6.56. The van der Waals surface area contributed by atoms with Gasteiger partial charge in [-0.25, -0.2) is 13.1 Å². The summed E-state index contributed by atoms with van der Waals surface area (Å²) in [5, 5.41) is 0. The molecule has 0 aliphatic rings. The summed E-state index contributed by atoms with van der Waals surface area (Å²) in [6.07, 6.45) is 2.82. The molecule has 0 saturated carbocycles. The number of sulfonamides is 1. The molecular formula is C8H14ClN3O2S. The third kappa shape index (κ3) is 4.13. The summed E-state index contributed by atoms with van der Waals surface area (Å²) in [6, 6.07) is 2.78. The number of pyridine rings is 1. The molecule has 7 heteroatoms. The fourth-order valence-electron chi connectivity index (χ4n) is 0.887. The van der Waals surface area contributed by atoms with Crippen molar-refractivity contribution in [3.8, 4) is 0 Å². The van der Waals surface area contributed by atoms with E-state index in [-0.39, 0.29) is 29.9 Å². The third-order valence-electron chi connectivity index (χ3n) is 1.65. The van der Waals surface area contributed by atoms with Crippen LogP contribution in [0, 0.1) is 0 Å². The number of hydrogen-bond donors (Lipinski definition) is 2. The summed E-state index contributed by atoms with van der Waals surface area (Å²) in [4.78, 5) is 3.89. The molecule has 0 unspecified atom stereocenters. The first kappa shape index (κ1) is 14.3. The zero-order valence-corrected chi connectivity index (χ0v) is 9.88. The maximum atomic E-state index is 11.6. The van der Waals surface area contributed by atoms with E-state index in [9.17, 15) is 8.42 Å². The Bertz CT molecular complexity index is 382. The molecule has 1 rings (SSSR count). The molecule has 86 valence electrons. The molecule has 0 fully saturated rings. The molecule has 0 aliphatic heterocycles. The molecule has 15 heavy (non-hydrogen) atoms. The summed E-state index contributed by atoms with van der Waals surface area (Å²) in [6.45, 7) is 1.97. The van der Waals surface area contributed by atoms with Crippen molar-refractivity contribution in [3.05, 3.63) is 24.5 Å². The Morgan fingerprint density at radius 3 is 2.73 bits per heavy atom. The Hall–Kier alpha value is -0.690. The topological polar surface area (TPSA) is 85.1 Å². The van der Waals surface area contributed by atoms with Crippen LogP contribution in [0.4, 0.5) is 0 Å². The monoisotopic (exact) mass is 251 g/mol. The number of nitrogens with two attached hydrogens (primary N) is 1. The van der Waals surface area contributed by atoms with Crippen molar-refractivity contribution in [2.24, 2.45) is 5.73 Å². The Kier molecular flexibility index (Phi) is 5.74. The Morgan fingerprint density at radius 2 is 2.27 bits per heavy atom. The lowest BCUT2D eigenvalue weighted by Crippen LogP contribution is -2.37. The number of aromatic nitrogens is 1. The van der Waals surface area contributed by atoms with Gasteiger partial charge < -0.3 is 5.73 Å². The maximum absolute atomic E-state index is 11.6. The van der Waals surface area contributed by atoms with Gasteiger partial charge in [-0.3, -0.25) is 4.98 Å². The molecule has 0 aromatic carbocycles. The molecule has 1 atom stereocenters. The van der Waals surface area contributed by atoms with Crippen molar-refractivity contribution in [3.63, 3.8) is 0 Å². The van der Waals surface area contributed by atoms with Gasteiger partial charge in [0.05, 0.1) is 0 Å². The van der Waals surface area contributed by atoms with Gasteiger partial charge in [0.2, 0.25) is 10.0 Å². The average Bonchev–Trinajstić information content (AvgIpc) is 2.18. The second-order valence-electron chi connectivity index (χ2n) is 2.95. The van der Waals surface area contributed by atoms with Crippen LogP contribution < -0.4 is 10.5 Å². The minimum atomic E-state index is -3.46.